The third-order valence-corrected chi connectivity index (χ3v) is 10.5. The Morgan fingerprint density at radius 2 is 1.88 bits per heavy atom. The standard InChI is InChI=1S/C20H32N2O2Si/c1-9-24-21-17-16-12-10-11-15(13-14(2)3)18(16)22(19(17)23)25(7,8)20(4,5)6/h10-12,14H,9,13H2,1-8H3/b21-17-. The van der Waals surface area contributed by atoms with Crippen LogP contribution in [0.3, 0.4) is 0 Å². The highest BCUT2D eigenvalue weighted by atomic mass is 28.3. The van der Waals surface area contributed by atoms with Crippen LogP contribution in [0.2, 0.25) is 18.1 Å². The molecule has 1 aliphatic heterocycles. The minimum Gasteiger partial charge on any atom is -0.395 e. The van der Waals surface area contributed by atoms with E-state index in [-0.39, 0.29) is 10.9 Å². The quantitative estimate of drug-likeness (QED) is 0.549. The Kier molecular flexibility index (Phi) is 5.47. The number of anilines is 1. The Hall–Kier alpha value is -1.62. The van der Waals surface area contributed by atoms with E-state index in [0.29, 0.717) is 18.2 Å². The number of hydrogen-bond donors (Lipinski definition) is 0. The monoisotopic (exact) mass is 360 g/mol. The van der Waals surface area contributed by atoms with E-state index in [0.717, 1.165) is 17.7 Å². The maximum Gasteiger partial charge on any atom is 0.273 e. The molecule has 0 bridgehead atoms. The molecule has 1 aromatic carbocycles. The highest BCUT2D eigenvalue weighted by Crippen LogP contribution is 2.46. The molecule has 0 aliphatic carbocycles. The van der Waals surface area contributed by atoms with Gasteiger partial charge in [-0.2, -0.15) is 0 Å². The predicted octanol–water partition coefficient (Wildman–Crippen LogP) is 4.98. The summed E-state index contributed by atoms with van der Waals surface area (Å²) < 4.78 is 2.08. The first-order chi connectivity index (χ1) is 11.5. The number of para-hydroxylation sites is 1. The van der Waals surface area contributed by atoms with Crippen molar-refractivity contribution in [2.75, 3.05) is 11.2 Å². The molecule has 1 heterocycles. The highest BCUT2D eigenvalue weighted by molar-refractivity contribution is 6.90. The van der Waals surface area contributed by atoms with Gasteiger partial charge in [-0.1, -0.05) is 71.1 Å². The maximum atomic E-state index is 13.3. The molecule has 0 aromatic heterocycles. The van der Waals surface area contributed by atoms with Crippen molar-refractivity contribution < 1.29 is 9.63 Å². The summed E-state index contributed by atoms with van der Waals surface area (Å²) in [7, 11) is -2.10. The first kappa shape index (κ1) is 19.7. The van der Waals surface area contributed by atoms with E-state index in [1.54, 1.807) is 0 Å². The second-order valence-electron chi connectivity index (χ2n) is 8.72. The van der Waals surface area contributed by atoms with Crippen molar-refractivity contribution in [1.29, 1.82) is 0 Å². The van der Waals surface area contributed by atoms with Crippen molar-refractivity contribution in [3.8, 4) is 0 Å². The number of oxime groups is 1. The number of fused-ring (bicyclic) bond motifs is 1. The third kappa shape index (κ3) is 3.52. The van der Waals surface area contributed by atoms with Gasteiger partial charge in [-0.05, 0) is 29.9 Å². The van der Waals surface area contributed by atoms with Crippen LogP contribution < -0.4 is 4.57 Å². The second-order valence-corrected chi connectivity index (χ2v) is 13.8. The van der Waals surface area contributed by atoms with Crippen LogP contribution in [0.25, 0.3) is 0 Å². The van der Waals surface area contributed by atoms with Crippen LogP contribution in [0.4, 0.5) is 5.69 Å². The molecule has 0 unspecified atom stereocenters. The van der Waals surface area contributed by atoms with Crippen LogP contribution in [0, 0.1) is 5.92 Å². The Labute approximate surface area is 153 Å². The van der Waals surface area contributed by atoms with Gasteiger partial charge in [0.25, 0.3) is 5.91 Å². The molecule has 138 valence electrons. The molecule has 5 heteroatoms. The van der Waals surface area contributed by atoms with Crippen LogP contribution in [-0.4, -0.2) is 26.5 Å². The third-order valence-electron chi connectivity index (χ3n) is 5.31. The van der Waals surface area contributed by atoms with Crippen LogP contribution >= 0.6 is 0 Å². The lowest BCUT2D eigenvalue weighted by atomic mass is 9.98. The molecule has 0 radical (unpaired) electrons. The van der Waals surface area contributed by atoms with E-state index in [9.17, 15) is 4.79 Å². The number of nitrogens with zero attached hydrogens (tertiary/aromatic N) is 2. The Balaban J connectivity index is 2.71. The van der Waals surface area contributed by atoms with Gasteiger partial charge in [0.15, 0.2) is 13.9 Å². The molecule has 0 spiro atoms. The van der Waals surface area contributed by atoms with Gasteiger partial charge in [-0.25, -0.2) is 0 Å². The van der Waals surface area contributed by atoms with Gasteiger partial charge in [0.1, 0.15) is 6.61 Å². The smallest absolute Gasteiger partial charge is 0.273 e. The summed E-state index contributed by atoms with van der Waals surface area (Å²) in [6, 6.07) is 6.18. The molecule has 4 nitrogen and oxygen atoms in total. The normalized spacial score (nSPS) is 16.8. The van der Waals surface area contributed by atoms with Crippen LogP contribution in [0.5, 0.6) is 0 Å². The van der Waals surface area contributed by atoms with Crippen molar-refractivity contribution in [3.63, 3.8) is 0 Å². The van der Waals surface area contributed by atoms with Gasteiger partial charge >= 0.3 is 0 Å². The number of benzene rings is 1. The Morgan fingerprint density at radius 1 is 1.24 bits per heavy atom. The minimum atomic E-state index is -2.10. The largest absolute Gasteiger partial charge is 0.395 e. The van der Waals surface area contributed by atoms with E-state index >= 15 is 0 Å². The fourth-order valence-electron chi connectivity index (χ4n) is 3.06. The van der Waals surface area contributed by atoms with Crippen molar-refractivity contribution in [1.82, 2.24) is 0 Å². The lowest BCUT2D eigenvalue weighted by Crippen LogP contribution is -2.57. The SMILES string of the molecule is CCO/N=C1\C(=O)N([Si](C)(C)C(C)(C)C)c2c(CC(C)C)cccc21. The average molecular weight is 361 g/mol. The van der Waals surface area contributed by atoms with Gasteiger partial charge in [0, 0.05) is 11.3 Å². The summed E-state index contributed by atoms with van der Waals surface area (Å²) in [5.41, 5.74) is 3.66. The molecular formula is C20H32N2O2Si. The summed E-state index contributed by atoms with van der Waals surface area (Å²) >= 11 is 0. The van der Waals surface area contributed by atoms with Gasteiger partial charge in [0.2, 0.25) is 0 Å². The molecule has 0 fully saturated rings. The van der Waals surface area contributed by atoms with Crippen molar-refractivity contribution in [3.05, 3.63) is 29.3 Å². The number of carbonyl (C=O) groups is 1. The van der Waals surface area contributed by atoms with E-state index in [1.807, 2.05) is 19.1 Å². The molecule has 25 heavy (non-hydrogen) atoms. The lowest BCUT2D eigenvalue weighted by Gasteiger charge is -2.44. The summed E-state index contributed by atoms with van der Waals surface area (Å²) in [5.74, 6) is 0.516. The first-order valence-corrected chi connectivity index (χ1v) is 12.1. The topological polar surface area (TPSA) is 41.9 Å². The van der Waals surface area contributed by atoms with Crippen molar-refractivity contribution in [2.45, 2.75) is 66.1 Å². The lowest BCUT2D eigenvalue weighted by molar-refractivity contribution is -0.111. The molecule has 0 atom stereocenters. The van der Waals surface area contributed by atoms with E-state index in [1.165, 1.54) is 5.56 Å². The van der Waals surface area contributed by atoms with E-state index < -0.39 is 8.24 Å². The first-order valence-electron chi connectivity index (χ1n) is 9.19. The molecule has 0 N–H and O–H groups in total. The summed E-state index contributed by atoms with van der Waals surface area (Å²) in [5, 5.41) is 4.23. The Morgan fingerprint density at radius 3 is 2.40 bits per heavy atom. The zero-order valence-corrected chi connectivity index (χ0v) is 17.9. The van der Waals surface area contributed by atoms with E-state index in [2.05, 4.69) is 63.5 Å². The minimum absolute atomic E-state index is 0.00810. The van der Waals surface area contributed by atoms with Crippen molar-refractivity contribution >= 4 is 25.5 Å². The van der Waals surface area contributed by atoms with Gasteiger partial charge in [-0.15, -0.1) is 0 Å². The zero-order chi connectivity index (χ0) is 19.0. The highest BCUT2D eigenvalue weighted by Gasteiger charge is 2.50. The van der Waals surface area contributed by atoms with Gasteiger partial charge in [0.05, 0.1) is 0 Å². The van der Waals surface area contributed by atoms with Crippen molar-refractivity contribution in [2.24, 2.45) is 11.1 Å². The number of hydrogen-bond acceptors (Lipinski definition) is 3. The van der Waals surface area contributed by atoms with E-state index in [4.69, 9.17) is 4.84 Å². The van der Waals surface area contributed by atoms with Gasteiger partial charge in [-0.3, -0.25) is 4.79 Å². The summed E-state index contributed by atoms with van der Waals surface area (Å²) in [6.07, 6.45) is 0.948. The van der Waals surface area contributed by atoms with Crippen LogP contribution in [0.15, 0.2) is 23.4 Å². The molecular weight excluding hydrogens is 328 g/mol. The molecule has 2 rings (SSSR count). The molecule has 1 amide bonds. The molecule has 0 saturated carbocycles. The number of rotatable bonds is 5. The second kappa shape index (κ2) is 6.94. The summed E-state index contributed by atoms with van der Waals surface area (Å²) in [6.45, 7) is 18.0. The summed E-state index contributed by atoms with van der Waals surface area (Å²) in [4.78, 5) is 18.6. The maximum absolute atomic E-state index is 13.3. The molecule has 0 saturated heterocycles. The zero-order valence-electron chi connectivity index (χ0n) is 16.9. The van der Waals surface area contributed by atoms with Crippen LogP contribution in [-0.2, 0) is 16.1 Å². The van der Waals surface area contributed by atoms with Gasteiger partial charge < -0.3 is 9.40 Å². The average Bonchev–Trinajstić information content (AvgIpc) is 2.77. The molecule has 1 aliphatic rings. The fraction of sp³-hybridized carbons (Fsp3) is 0.600. The predicted molar refractivity (Wildman–Crippen MR) is 108 cm³/mol. The fourth-order valence-corrected chi connectivity index (χ4v) is 5.17. The molecule has 1 aromatic rings. The Bertz CT molecular complexity index is 687. The number of carbonyl (C=O) groups excluding carboxylic acids is 1. The number of amides is 1. The van der Waals surface area contributed by atoms with Crippen LogP contribution in [0.1, 0.15) is 52.7 Å².